The number of carbonyl (C=O) groups is 1. The van der Waals surface area contributed by atoms with Crippen LogP contribution < -0.4 is 5.32 Å². The number of nitrogens with one attached hydrogen (secondary N) is 1. The average molecular weight is 263 g/mol. The number of amides is 1. The number of carbonyl (C=O) groups excluding carboxylic acids is 1. The van der Waals surface area contributed by atoms with E-state index in [1.165, 1.54) is 0 Å². The van der Waals surface area contributed by atoms with Gasteiger partial charge in [-0.2, -0.15) is 8.78 Å². The van der Waals surface area contributed by atoms with Crippen LogP contribution >= 0.6 is 0 Å². The predicted octanol–water partition coefficient (Wildman–Crippen LogP) is 2.82. The summed E-state index contributed by atoms with van der Waals surface area (Å²) < 4.78 is 49.1. The van der Waals surface area contributed by atoms with E-state index in [2.05, 4.69) is 0 Å². The van der Waals surface area contributed by atoms with Gasteiger partial charge in [0.2, 0.25) is 0 Å². The van der Waals surface area contributed by atoms with Crippen LogP contribution in [-0.4, -0.2) is 18.3 Å². The molecule has 0 bridgehead atoms. The van der Waals surface area contributed by atoms with Crippen LogP contribution in [0.4, 0.5) is 17.6 Å². The summed E-state index contributed by atoms with van der Waals surface area (Å²) in [5.41, 5.74) is 2.40. The van der Waals surface area contributed by atoms with E-state index >= 15 is 0 Å². The van der Waals surface area contributed by atoms with Gasteiger partial charge in [-0.15, -0.1) is 0 Å². The number of hydrogen-bond acceptors (Lipinski definition) is 1. The van der Waals surface area contributed by atoms with Gasteiger partial charge in [0.25, 0.3) is 5.91 Å². The number of rotatable bonds is 4. The number of alkyl halides is 4. The molecule has 0 radical (unpaired) electrons. The first-order valence-corrected chi connectivity index (χ1v) is 5.25. The molecule has 0 aliphatic rings. The van der Waals surface area contributed by atoms with Crippen LogP contribution in [0, 0.1) is 13.8 Å². The van der Waals surface area contributed by atoms with E-state index < -0.39 is 18.3 Å². The highest BCUT2D eigenvalue weighted by Gasteiger charge is 2.48. The molecule has 0 atom stereocenters. The average Bonchev–Trinajstić information content (AvgIpc) is 2.27. The summed E-state index contributed by atoms with van der Waals surface area (Å²) in [6.07, 6.45) is -4.00. The molecule has 0 saturated heterocycles. The van der Waals surface area contributed by atoms with E-state index in [1.807, 2.05) is 18.3 Å². The van der Waals surface area contributed by atoms with Crippen molar-refractivity contribution in [2.45, 2.75) is 32.7 Å². The van der Waals surface area contributed by atoms with Crippen molar-refractivity contribution in [3.8, 4) is 0 Å². The number of aryl methyl sites for hydroxylation is 2. The molecular weight excluding hydrogens is 250 g/mol. The fraction of sp³-hybridized carbons (Fsp3) is 0.417. The third kappa shape index (κ3) is 3.21. The van der Waals surface area contributed by atoms with Gasteiger partial charge in [-0.25, -0.2) is 8.78 Å². The second-order valence-corrected chi connectivity index (χ2v) is 4.04. The normalized spacial score (nSPS) is 11.7. The summed E-state index contributed by atoms with van der Waals surface area (Å²) >= 11 is 0. The Balaban J connectivity index is 2.69. The lowest BCUT2D eigenvalue weighted by atomic mass is 10.1. The van der Waals surface area contributed by atoms with E-state index in [0.717, 1.165) is 11.1 Å². The zero-order chi connectivity index (χ0) is 13.9. The molecule has 0 saturated carbocycles. The minimum atomic E-state index is -4.65. The fourth-order valence-electron chi connectivity index (χ4n) is 1.44. The third-order valence-corrected chi connectivity index (χ3v) is 2.51. The first kappa shape index (κ1) is 14.5. The molecule has 1 N–H and O–H groups in total. The van der Waals surface area contributed by atoms with Gasteiger partial charge in [0.15, 0.2) is 0 Å². The van der Waals surface area contributed by atoms with Crippen LogP contribution in [0.2, 0.25) is 0 Å². The zero-order valence-electron chi connectivity index (χ0n) is 9.94. The lowest BCUT2D eigenvalue weighted by Gasteiger charge is -2.15. The molecule has 0 heterocycles. The minimum absolute atomic E-state index is 0.201. The predicted molar refractivity (Wildman–Crippen MR) is 58.7 cm³/mol. The molecule has 1 rings (SSSR count). The summed E-state index contributed by atoms with van der Waals surface area (Å²) in [4.78, 5) is 10.9. The van der Waals surface area contributed by atoms with Crippen molar-refractivity contribution in [3.05, 3.63) is 34.9 Å². The Labute approximate surface area is 102 Å². The maximum absolute atomic E-state index is 12.6. The van der Waals surface area contributed by atoms with Crippen LogP contribution in [0.5, 0.6) is 0 Å². The highest BCUT2D eigenvalue weighted by Crippen LogP contribution is 2.23. The Morgan fingerprint density at radius 3 is 2.44 bits per heavy atom. The zero-order valence-corrected chi connectivity index (χ0v) is 9.94. The first-order valence-electron chi connectivity index (χ1n) is 5.25. The smallest absolute Gasteiger partial charge is 0.347 e. The molecule has 0 unspecified atom stereocenters. The lowest BCUT2D eigenvalue weighted by molar-refractivity contribution is -0.169. The van der Waals surface area contributed by atoms with Crippen molar-refractivity contribution in [1.82, 2.24) is 5.32 Å². The Morgan fingerprint density at radius 1 is 1.33 bits per heavy atom. The van der Waals surface area contributed by atoms with Crippen LogP contribution in [0.25, 0.3) is 0 Å². The molecule has 0 spiro atoms. The number of halogens is 4. The summed E-state index contributed by atoms with van der Waals surface area (Å²) in [7, 11) is 0. The van der Waals surface area contributed by atoms with Gasteiger partial charge in [0, 0.05) is 6.54 Å². The van der Waals surface area contributed by atoms with E-state index in [4.69, 9.17) is 0 Å². The van der Waals surface area contributed by atoms with Gasteiger partial charge in [0.05, 0.1) is 0 Å². The summed E-state index contributed by atoms with van der Waals surface area (Å²) in [5.74, 6) is -6.61. The van der Waals surface area contributed by atoms with Crippen molar-refractivity contribution in [3.63, 3.8) is 0 Å². The minimum Gasteiger partial charge on any atom is -0.347 e. The molecule has 100 valence electrons. The van der Waals surface area contributed by atoms with Gasteiger partial charge in [-0.3, -0.25) is 4.79 Å². The summed E-state index contributed by atoms with van der Waals surface area (Å²) in [6.45, 7) is 3.41. The van der Waals surface area contributed by atoms with E-state index in [-0.39, 0.29) is 6.54 Å². The number of benzene rings is 1. The summed E-state index contributed by atoms with van der Waals surface area (Å²) in [6, 6.07) is 5.22. The molecule has 0 aromatic heterocycles. The van der Waals surface area contributed by atoms with Crippen molar-refractivity contribution in [1.29, 1.82) is 0 Å². The molecule has 2 nitrogen and oxygen atoms in total. The van der Waals surface area contributed by atoms with Crippen LogP contribution in [-0.2, 0) is 11.3 Å². The SMILES string of the molecule is Cc1ccc(CNC(=O)C(F)(F)C(F)F)c(C)c1. The Hall–Kier alpha value is -1.59. The first-order chi connectivity index (χ1) is 8.25. The van der Waals surface area contributed by atoms with Crippen LogP contribution in [0.1, 0.15) is 16.7 Å². The third-order valence-electron chi connectivity index (χ3n) is 2.51. The summed E-state index contributed by atoms with van der Waals surface area (Å²) in [5, 5.41) is 1.81. The molecule has 0 fully saturated rings. The molecule has 1 amide bonds. The quantitative estimate of drug-likeness (QED) is 0.831. The van der Waals surface area contributed by atoms with Gasteiger partial charge in [-0.1, -0.05) is 23.8 Å². The van der Waals surface area contributed by atoms with Crippen LogP contribution in [0.3, 0.4) is 0 Å². The van der Waals surface area contributed by atoms with Gasteiger partial charge >= 0.3 is 12.3 Å². The monoisotopic (exact) mass is 263 g/mol. The maximum Gasteiger partial charge on any atom is 0.383 e. The van der Waals surface area contributed by atoms with Gasteiger partial charge in [-0.05, 0) is 25.0 Å². The molecular formula is C12H13F4NO. The van der Waals surface area contributed by atoms with Crippen molar-refractivity contribution >= 4 is 5.91 Å². The van der Waals surface area contributed by atoms with Crippen molar-refractivity contribution in [2.24, 2.45) is 0 Å². The Kier molecular flexibility index (Phi) is 4.32. The highest BCUT2D eigenvalue weighted by atomic mass is 19.3. The van der Waals surface area contributed by atoms with Crippen molar-refractivity contribution < 1.29 is 22.4 Å². The van der Waals surface area contributed by atoms with E-state index in [9.17, 15) is 22.4 Å². The Morgan fingerprint density at radius 2 is 1.94 bits per heavy atom. The molecule has 0 aliphatic heterocycles. The largest absolute Gasteiger partial charge is 0.383 e. The molecule has 18 heavy (non-hydrogen) atoms. The molecule has 1 aromatic carbocycles. The Bertz CT molecular complexity index is 446. The maximum atomic E-state index is 12.6. The second kappa shape index (κ2) is 5.37. The van der Waals surface area contributed by atoms with E-state index in [1.54, 1.807) is 19.1 Å². The van der Waals surface area contributed by atoms with E-state index in [0.29, 0.717) is 5.56 Å². The highest BCUT2D eigenvalue weighted by molar-refractivity contribution is 5.83. The standard InChI is InChI=1S/C12H13F4NO/c1-7-3-4-9(8(2)5-7)6-17-11(18)12(15,16)10(13)14/h3-5,10H,6H2,1-2H3,(H,17,18). The molecule has 0 aliphatic carbocycles. The number of hydrogen-bond donors (Lipinski definition) is 1. The van der Waals surface area contributed by atoms with Crippen molar-refractivity contribution in [2.75, 3.05) is 0 Å². The topological polar surface area (TPSA) is 29.1 Å². The van der Waals surface area contributed by atoms with Crippen LogP contribution in [0.15, 0.2) is 18.2 Å². The fourth-order valence-corrected chi connectivity index (χ4v) is 1.44. The molecule has 1 aromatic rings. The lowest BCUT2D eigenvalue weighted by Crippen LogP contribution is -2.44. The molecule has 6 heteroatoms. The second-order valence-electron chi connectivity index (χ2n) is 4.04. The van der Waals surface area contributed by atoms with Gasteiger partial charge < -0.3 is 5.32 Å². The van der Waals surface area contributed by atoms with Gasteiger partial charge in [0.1, 0.15) is 0 Å².